The average Bonchev–Trinajstić information content (AvgIpc) is 3.25. The van der Waals surface area contributed by atoms with E-state index in [1.807, 2.05) is 49.0 Å². The van der Waals surface area contributed by atoms with Crippen molar-refractivity contribution in [1.29, 1.82) is 0 Å². The highest BCUT2D eigenvalue weighted by atomic mass is 16.5. The molecule has 2 heterocycles. The van der Waals surface area contributed by atoms with Crippen molar-refractivity contribution in [2.24, 2.45) is 0 Å². The Morgan fingerprint density at radius 2 is 2.19 bits per heavy atom. The SMILES string of the molecule is COc1ccc(CNC(=O)Cc2c(C)n[nH]c2C)cc1Cn1cccn1. The van der Waals surface area contributed by atoms with Crippen LogP contribution in [0.25, 0.3) is 0 Å². The molecule has 0 saturated heterocycles. The van der Waals surface area contributed by atoms with Gasteiger partial charge in [-0.05, 0) is 37.6 Å². The fourth-order valence-corrected chi connectivity index (χ4v) is 2.89. The lowest BCUT2D eigenvalue weighted by Crippen LogP contribution is -2.25. The van der Waals surface area contributed by atoms with E-state index < -0.39 is 0 Å². The summed E-state index contributed by atoms with van der Waals surface area (Å²) in [6.07, 6.45) is 3.98. The molecule has 26 heavy (non-hydrogen) atoms. The molecule has 2 aromatic heterocycles. The number of amides is 1. The second-order valence-corrected chi connectivity index (χ2v) is 6.22. The van der Waals surface area contributed by atoms with Gasteiger partial charge in [0.15, 0.2) is 0 Å². The number of ether oxygens (including phenoxy) is 1. The normalized spacial score (nSPS) is 10.7. The van der Waals surface area contributed by atoms with E-state index in [0.717, 1.165) is 33.8 Å². The molecular weight excluding hydrogens is 330 g/mol. The summed E-state index contributed by atoms with van der Waals surface area (Å²) in [6.45, 7) is 4.90. The molecule has 3 rings (SSSR count). The van der Waals surface area contributed by atoms with Crippen LogP contribution in [-0.4, -0.2) is 33.0 Å². The standard InChI is InChI=1S/C19H23N5O2/c1-13-17(14(2)23-22-13)10-19(25)20-11-15-5-6-18(26-3)16(9-15)12-24-8-4-7-21-24/h4-9H,10-12H2,1-3H3,(H,20,25)(H,22,23). The molecule has 0 spiro atoms. The highest BCUT2D eigenvalue weighted by Gasteiger charge is 2.12. The highest BCUT2D eigenvalue weighted by Crippen LogP contribution is 2.21. The molecule has 3 aromatic rings. The van der Waals surface area contributed by atoms with Crippen LogP contribution in [-0.2, 0) is 24.3 Å². The third kappa shape index (κ3) is 4.11. The van der Waals surface area contributed by atoms with Gasteiger partial charge in [0, 0.05) is 35.8 Å². The number of aromatic nitrogens is 4. The van der Waals surface area contributed by atoms with Gasteiger partial charge in [-0.25, -0.2) is 0 Å². The Labute approximate surface area is 152 Å². The first-order valence-corrected chi connectivity index (χ1v) is 8.47. The predicted molar refractivity (Wildman–Crippen MR) is 97.9 cm³/mol. The Balaban J connectivity index is 1.65. The molecule has 0 bridgehead atoms. The van der Waals surface area contributed by atoms with E-state index in [9.17, 15) is 4.79 Å². The van der Waals surface area contributed by atoms with Crippen molar-refractivity contribution in [2.75, 3.05) is 7.11 Å². The van der Waals surface area contributed by atoms with Crippen LogP contribution in [0.4, 0.5) is 0 Å². The number of benzene rings is 1. The average molecular weight is 353 g/mol. The van der Waals surface area contributed by atoms with Crippen molar-refractivity contribution in [1.82, 2.24) is 25.3 Å². The number of methoxy groups -OCH3 is 1. The third-order valence-electron chi connectivity index (χ3n) is 4.34. The molecule has 0 aliphatic rings. The van der Waals surface area contributed by atoms with Gasteiger partial charge in [0.1, 0.15) is 5.75 Å². The van der Waals surface area contributed by atoms with Crippen molar-refractivity contribution < 1.29 is 9.53 Å². The maximum absolute atomic E-state index is 12.3. The van der Waals surface area contributed by atoms with Crippen LogP contribution in [0.5, 0.6) is 5.75 Å². The van der Waals surface area contributed by atoms with Crippen LogP contribution >= 0.6 is 0 Å². The minimum atomic E-state index is -0.0259. The monoisotopic (exact) mass is 353 g/mol. The van der Waals surface area contributed by atoms with Gasteiger partial charge in [-0.1, -0.05) is 6.07 Å². The van der Waals surface area contributed by atoms with Crippen LogP contribution < -0.4 is 10.1 Å². The van der Waals surface area contributed by atoms with Gasteiger partial charge >= 0.3 is 0 Å². The Morgan fingerprint density at radius 3 is 2.85 bits per heavy atom. The maximum Gasteiger partial charge on any atom is 0.224 e. The Hall–Kier alpha value is -3.09. The lowest BCUT2D eigenvalue weighted by molar-refractivity contribution is -0.120. The molecule has 0 unspecified atom stereocenters. The first-order valence-electron chi connectivity index (χ1n) is 8.47. The van der Waals surface area contributed by atoms with Crippen LogP contribution in [0, 0.1) is 13.8 Å². The van der Waals surface area contributed by atoms with E-state index >= 15 is 0 Å². The summed E-state index contributed by atoms with van der Waals surface area (Å²) in [4.78, 5) is 12.3. The Kier molecular flexibility index (Phi) is 5.36. The van der Waals surface area contributed by atoms with Crippen molar-refractivity contribution in [3.8, 4) is 5.75 Å². The van der Waals surface area contributed by atoms with E-state index in [1.165, 1.54) is 0 Å². The lowest BCUT2D eigenvalue weighted by Gasteiger charge is -2.12. The molecule has 0 radical (unpaired) electrons. The van der Waals surface area contributed by atoms with Crippen molar-refractivity contribution >= 4 is 5.91 Å². The molecule has 0 saturated carbocycles. The summed E-state index contributed by atoms with van der Waals surface area (Å²) < 4.78 is 7.27. The van der Waals surface area contributed by atoms with Crippen LogP contribution in [0.2, 0.25) is 0 Å². The molecule has 136 valence electrons. The number of hydrogen-bond acceptors (Lipinski definition) is 4. The quantitative estimate of drug-likeness (QED) is 0.681. The number of nitrogens with zero attached hydrogens (tertiary/aromatic N) is 3. The van der Waals surface area contributed by atoms with Crippen molar-refractivity contribution in [3.05, 3.63) is 64.7 Å². The molecule has 0 fully saturated rings. The number of hydrogen-bond donors (Lipinski definition) is 2. The van der Waals surface area contributed by atoms with Gasteiger partial charge in [-0.15, -0.1) is 0 Å². The van der Waals surface area contributed by atoms with Crippen molar-refractivity contribution in [2.45, 2.75) is 33.4 Å². The second-order valence-electron chi connectivity index (χ2n) is 6.22. The molecule has 0 aliphatic heterocycles. The first kappa shape index (κ1) is 17.7. The molecule has 0 aliphatic carbocycles. The molecular formula is C19H23N5O2. The van der Waals surface area contributed by atoms with E-state index in [0.29, 0.717) is 19.5 Å². The topological polar surface area (TPSA) is 84.8 Å². The number of carbonyl (C=O) groups is 1. The van der Waals surface area contributed by atoms with E-state index in [4.69, 9.17) is 4.74 Å². The van der Waals surface area contributed by atoms with Gasteiger partial charge in [0.2, 0.25) is 5.91 Å². The Bertz CT molecular complexity index is 864. The van der Waals surface area contributed by atoms with Gasteiger partial charge in [-0.2, -0.15) is 10.2 Å². The number of nitrogens with one attached hydrogen (secondary N) is 2. The number of rotatable bonds is 7. The number of H-pyrrole nitrogens is 1. The highest BCUT2D eigenvalue weighted by molar-refractivity contribution is 5.79. The van der Waals surface area contributed by atoms with Crippen LogP contribution in [0.1, 0.15) is 28.1 Å². The van der Waals surface area contributed by atoms with Gasteiger partial charge in [0.25, 0.3) is 0 Å². The molecule has 0 atom stereocenters. The van der Waals surface area contributed by atoms with Crippen molar-refractivity contribution in [3.63, 3.8) is 0 Å². The zero-order chi connectivity index (χ0) is 18.5. The second kappa shape index (κ2) is 7.86. The van der Waals surface area contributed by atoms with E-state index in [-0.39, 0.29) is 5.91 Å². The third-order valence-corrected chi connectivity index (χ3v) is 4.34. The largest absolute Gasteiger partial charge is 0.496 e. The van der Waals surface area contributed by atoms with Gasteiger partial charge < -0.3 is 10.1 Å². The fourth-order valence-electron chi connectivity index (χ4n) is 2.89. The summed E-state index contributed by atoms with van der Waals surface area (Å²) in [5, 5.41) is 14.2. The van der Waals surface area contributed by atoms with E-state index in [1.54, 1.807) is 13.3 Å². The smallest absolute Gasteiger partial charge is 0.224 e. The van der Waals surface area contributed by atoms with Crippen LogP contribution in [0.15, 0.2) is 36.7 Å². The number of aryl methyl sites for hydroxylation is 2. The molecule has 1 aromatic carbocycles. The molecule has 2 N–H and O–H groups in total. The first-order chi connectivity index (χ1) is 12.6. The summed E-state index contributed by atoms with van der Waals surface area (Å²) in [7, 11) is 1.65. The van der Waals surface area contributed by atoms with Gasteiger partial charge in [-0.3, -0.25) is 14.6 Å². The van der Waals surface area contributed by atoms with Crippen LogP contribution in [0.3, 0.4) is 0 Å². The summed E-state index contributed by atoms with van der Waals surface area (Å²) in [5.41, 5.74) is 4.79. The predicted octanol–water partition coefficient (Wildman–Crippen LogP) is 2.14. The molecule has 1 amide bonds. The maximum atomic E-state index is 12.3. The summed E-state index contributed by atoms with van der Waals surface area (Å²) in [5.74, 6) is 0.780. The minimum Gasteiger partial charge on any atom is -0.496 e. The summed E-state index contributed by atoms with van der Waals surface area (Å²) >= 11 is 0. The zero-order valence-corrected chi connectivity index (χ0v) is 15.2. The molecule has 7 nitrogen and oxygen atoms in total. The Morgan fingerprint density at radius 1 is 1.35 bits per heavy atom. The summed E-state index contributed by atoms with van der Waals surface area (Å²) in [6, 6.07) is 7.80. The zero-order valence-electron chi connectivity index (χ0n) is 15.2. The number of carbonyl (C=O) groups excluding carboxylic acids is 1. The van der Waals surface area contributed by atoms with E-state index in [2.05, 4.69) is 20.6 Å². The number of aromatic amines is 1. The lowest BCUT2D eigenvalue weighted by atomic mass is 10.1. The molecule has 7 heteroatoms. The van der Waals surface area contributed by atoms with Gasteiger partial charge in [0.05, 0.1) is 25.8 Å². The minimum absolute atomic E-state index is 0.0259. The fraction of sp³-hybridized carbons (Fsp3) is 0.316.